The van der Waals surface area contributed by atoms with Crippen LogP contribution in [-0.2, 0) is 6.42 Å². The summed E-state index contributed by atoms with van der Waals surface area (Å²) in [5.74, 6) is 0. The van der Waals surface area contributed by atoms with Crippen LogP contribution in [0.4, 0.5) is 0 Å². The van der Waals surface area contributed by atoms with E-state index in [0.717, 1.165) is 13.0 Å². The molecule has 2 nitrogen and oxygen atoms in total. The lowest BCUT2D eigenvalue weighted by molar-refractivity contribution is 0.0966. The molecule has 1 saturated carbocycles. The zero-order valence-corrected chi connectivity index (χ0v) is 13.3. The normalized spacial score (nSPS) is 21.1. The summed E-state index contributed by atoms with van der Waals surface area (Å²) < 4.78 is 0. The molecule has 0 amide bonds. The van der Waals surface area contributed by atoms with Crippen molar-refractivity contribution >= 4 is 0 Å². The molecule has 1 aliphatic carbocycles. The Morgan fingerprint density at radius 2 is 1.80 bits per heavy atom. The SMILES string of the molecule is CN(C1CCC(C)(C)CC1)C(CN)Cc1ccccc1. The molecule has 0 bridgehead atoms. The van der Waals surface area contributed by atoms with Crippen molar-refractivity contribution in [1.29, 1.82) is 0 Å². The molecule has 112 valence electrons. The molecule has 1 fully saturated rings. The van der Waals surface area contributed by atoms with E-state index in [-0.39, 0.29) is 0 Å². The fourth-order valence-electron chi connectivity index (χ4n) is 3.37. The van der Waals surface area contributed by atoms with E-state index in [1.807, 2.05) is 0 Å². The average molecular weight is 274 g/mol. The minimum Gasteiger partial charge on any atom is -0.329 e. The van der Waals surface area contributed by atoms with Crippen LogP contribution in [0, 0.1) is 5.41 Å². The summed E-state index contributed by atoms with van der Waals surface area (Å²) in [6.07, 6.45) is 6.37. The highest BCUT2D eigenvalue weighted by Gasteiger charge is 2.30. The van der Waals surface area contributed by atoms with Gasteiger partial charge in [-0.3, -0.25) is 4.90 Å². The first-order valence-electron chi connectivity index (χ1n) is 7.98. The molecule has 1 aromatic carbocycles. The fourth-order valence-corrected chi connectivity index (χ4v) is 3.37. The molecule has 1 atom stereocenters. The van der Waals surface area contributed by atoms with E-state index >= 15 is 0 Å². The largest absolute Gasteiger partial charge is 0.329 e. The van der Waals surface area contributed by atoms with Crippen molar-refractivity contribution in [1.82, 2.24) is 4.90 Å². The smallest absolute Gasteiger partial charge is 0.0258 e. The van der Waals surface area contributed by atoms with Crippen LogP contribution in [-0.4, -0.2) is 30.6 Å². The number of nitrogens with zero attached hydrogens (tertiary/aromatic N) is 1. The summed E-state index contributed by atoms with van der Waals surface area (Å²) in [5.41, 5.74) is 7.97. The Hall–Kier alpha value is -0.860. The molecule has 1 unspecified atom stereocenters. The van der Waals surface area contributed by atoms with Crippen LogP contribution in [0.3, 0.4) is 0 Å². The van der Waals surface area contributed by atoms with Gasteiger partial charge in [0.05, 0.1) is 0 Å². The molecular formula is C18H30N2. The van der Waals surface area contributed by atoms with E-state index in [1.165, 1.54) is 31.2 Å². The molecule has 1 aromatic rings. The summed E-state index contributed by atoms with van der Waals surface area (Å²) >= 11 is 0. The third kappa shape index (κ3) is 4.07. The van der Waals surface area contributed by atoms with Gasteiger partial charge in [-0.2, -0.15) is 0 Å². The van der Waals surface area contributed by atoms with Crippen molar-refractivity contribution in [3.05, 3.63) is 35.9 Å². The van der Waals surface area contributed by atoms with Gasteiger partial charge >= 0.3 is 0 Å². The average Bonchev–Trinajstić information content (AvgIpc) is 2.45. The molecule has 0 aliphatic heterocycles. The van der Waals surface area contributed by atoms with E-state index in [9.17, 15) is 0 Å². The summed E-state index contributed by atoms with van der Waals surface area (Å²) in [5, 5.41) is 0. The lowest BCUT2D eigenvalue weighted by Gasteiger charge is -2.41. The van der Waals surface area contributed by atoms with Crippen molar-refractivity contribution in [3.8, 4) is 0 Å². The van der Waals surface area contributed by atoms with Crippen LogP contribution < -0.4 is 5.73 Å². The molecule has 0 radical (unpaired) electrons. The summed E-state index contributed by atoms with van der Waals surface area (Å²) in [4.78, 5) is 2.54. The Kier molecular flexibility index (Phi) is 5.22. The van der Waals surface area contributed by atoms with Gasteiger partial charge in [0.2, 0.25) is 0 Å². The van der Waals surface area contributed by atoms with E-state index in [2.05, 4.69) is 56.1 Å². The van der Waals surface area contributed by atoms with Gasteiger partial charge in [0, 0.05) is 18.6 Å². The first-order chi connectivity index (χ1) is 9.52. The Morgan fingerprint density at radius 3 is 2.35 bits per heavy atom. The van der Waals surface area contributed by atoms with Crippen LogP contribution >= 0.6 is 0 Å². The molecule has 0 heterocycles. The predicted octanol–water partition coefficient (Wildman–Crippen LogP) is 3.46. The van der Waals surface area contributed by atoms with Gasteiger partial charge in [0.15, 0.2) is 0 Å². The Balaban J connectivity index is 1.94. The lowest BCUT2D eigenvalue weighted by Crippen LogP contribution is -2.47. The van der Waals surface area contributed by atoms with Crippen molar-refractivity contribution in [2.45, 2.75) is 58.0 Å². The zero-order chi connectivity index (χ0) is 14.6. The fraction of sp³-hybridized carbons (Fsp3) is 0.667. The van der Waals surface area contributed by atoms with Gasteiger partial charge in [0.25, 0.3) is 0 Å². The first kappa shape index (κ1) is 15.5. The quantitative estimate of drug-likeness (QED) is 0.891. The highest BCUT2D eigenvalue weighted by atomic mass is 15.2. The minimum absolute atomic E-state index is 0.462. The van der Waals surface area contributed by atoms with Gasteiger partial charge in [-0.05, 0) is 50.1 Å². The van der Waals surface area contributed by atoms with Crippen LogP contribution in [0.25, 0.3) is 0 Å². The molecule has 2 N–H and O–H groups in total. The van der Waals surface area contributed by atoms with Crippen molar-refractivity contribution in [2.75, 3.05) is 13.6 Å². The Morgan fingerprint density at radius 1 is 1.20 bits per heavy atom. The number of benzene rings is 1. The second kappa shape index (κ2) is 6.73. The molecule has 2 rings (SSSR count). The maximum absolute atomic E-state index is 6.04. The van der Waals surface area contributed by atoms with Gasteiger partial charge in [-0.15, -0.1) is 0 Å². The van der Waals surface area contributed by atoms with Gasteiger partial charge in [-0.1, -0.05) is 44.2 Å². The van der Waals surface area contributed by atoms with E-state index < -0.39 is 0 Å². The Bertz CT molecular complexity index is 389. The molecular weight excluding hydrogens is 244 g/mol. The maximum Gasteiger partial charge on any atom is 0.0258 e. The van der Waals surface area contributed by atoms with Gasteiger partial charge in [-0.25, -0.2) is 0 Å². The van der Waals surface area contributed by atoms with Crippen molar-refractivity contribution in [2.24, 2.45) is 11.1 Å². The molecule has 20 heavy (non-hydrogen) atoms. The highest BCUT2D eigenvalue weighted by Crippen LogP contribution is 2.37. The minimum atomic E-state index is 0.462. The number of likely N-dealkylation sites (N-methyl/N-ethyl adjacent to an activating group) is 1. The topological polar surface area (TPSA) is 29.3 Å². The number of hydrogen-bond acceptors (Lipinski definition) is 2. The van der Waals surface area contributed by atoms with E-state index in [0.29, 0.717) is 17.5 Å². The standard InChI is InChI=1S/C18H30N2/c1-18(2)11-9-16(10-12-18)20(3)17(14-19)13-15-7-5-4-6-8-15/h4-8,16-17H,9-14,19H2,1-3H3. The van der Waals surface area contributed by atoms with Crippen LogP contribution in [0.15, 0.2) is 30.3 Å². The summed E-state index contributed by atoms with van der Waals surface area (Å²) in [7, 11) is 2.27. The number of rotatable bonds is 5. The first-order valence-corrected chi connectivity index (χ1v) is 7.98. The van der Waals surface area contributed by atoms with E-state index in [1.54, 1.807) is 0 Å². The van der Waals surface area contributed by atoms with Crippen LogP contribution in [0.5, 0.6) is 0 Å². The zero-order valence-electron chi connectivity index (χ0n) is 13.3. The Labute approximate surface area is 124 Å². The second-order valence-corrected chi connectivity index (χ2v) is 7.14. The van der Waals surface area contributed by atoms with Crippen LogP contribution in [0.2, 0.25) is 0 Å². The van der Waals surface area contributed by atoms with Crippen LogP contribution in [0.1, 0.15) is 45.1 Å². The summed E-state index contributed by atoms with van der Waals surface area (Å²) in [6.45, 7) is 5.53. The molecule has 0 spiro atoms. The number of hydrogen-bond donors (Lipinski definition) is 1. The third-order valence-corrected chi connectivity index (χ3v) is 5.05. The van der Waals surface area contributed by atoms with Gasteiger partial charge in [0.1, 0.15) is 0 Å². The van der Waals surface area contributed by atoms with E-state index in [4.69, 9.17) is 5.73 Å². The summed E-state index contributed by atoms with van der Waals surface area (Å²) in [6, 6.07) is 11.9. The monoisotopic (exact) mass is 274 g/mol. The predicted molar refractivity (Wildman–Crippen MR) is 86.8 cm³/mol. The maximum atomic E-state index is 6.04. The second-order valence-electron chi connectivity index (χ2n) is 7.14. The molecule has 1 aliphatic rings. The third-order valence-electron chi connectivity index (χ3n) is 5.05. The highest BCUT2D eigenvalue weighted by molar-refractivity contribution is 5.16. The van der Waals surface area contributed by atoms with Gasteiger partial charge < -0.3 is 5.73 Å². The number of nitrogens with two attached hydrogens (primary N) is 1. The molecule has 2 heteroatoms. The van der Waals surface area contributed by atoms with Crippen molar-refractivity contribution < 1.29 is 0 Å². The van der Waals surface area contributed by atoms with Crippen molar-refractivity contribution in [3.63, 3.8) is 0 Å². The molecule has 0 aromatic heterocycles. The lowest BCUT2D eigenvalue weighted by atomic mass is 9.75. The molecule has 0 saturated heterocycles.